The van der Waals surface area contributed by atoms with Crippen molar-refractivity contribution in [3.8, 4) is 11.5 Å². The number of oxazole rings is 1. The lowest BCUT2D eigenvalue weighted by Crippen LogP contribution is -2.05. The first-order valence-corrected chi connectivity index (χ1v) is 6.78. The van der Waals surface area contributed by atoms with E-state index in [2.05, 4.69) is 4.98 Å². The van der Waals surface area contributed by atoms with E-state index in [1.165, 1.54) is 0 Å². The molecule has 1 heterocycles. The number of alkyl halides is 6. The van der Waals surface area contributed by atoms with E-state index in [1.807, 2.05) is 0 Å². The summed E-state index contributed by atoms with van der Waals surface area (Å²) in [5, 5.41) is -0.551. The summed E-state index contributed by atoms with van der Waals surface area (Å²) in [4.78, 5) is 3.88. The van der Waals surface area contributed by atoms with Crippen LogP contribution in [0.3, 0.4) is 0 Å². The average Bonchev–Trinajstić information content (AvgIpc) is 2.87. The molecule has 0 bridgehead atoms. The fourth-order valence-corrected chi connectivity index (χ4v) is 2.35. The molecule has 3 rings (SSSR count). The number of hydrogen-bond acceptors (Lipinski definition) is 2. The number of benzene rings is 2. The van der Waals surface area contributed by atoms with Gasteiger partial charge in [0.25, 0.3) is 0 Å². The Labute approximate surface area is 135 Å². The Kier molecular flexibility index (Phi) is 3.75. The molecule has 0 aliphatic carbocycles. The molecule has 126 valence electrons. The number of halogens is 7. The van der Waals surface area contributed by atoms with Gasteiger partial charge >= 0.3 is 12.4 Å². The third kappa shape index (κ3) is 3.06. The summed E-state index contributed by atoms with van der Waals surface area (Å²) in [5.74, 6) is -0.103. The molecule has 24 heavy (non-hydrogen) atoms. The Morgan fingerprint density at radius 2 is 1.50 bits per heavy atom. The first-order valence-electron chi connectivity index (χ1n) is 6.40. The van der Waals surface area contributed by atoms with Crippen LogP contribution in [0, 0.1) is 0 Å². The van der Waals surface area contributed by atoms with E-state index in [1.54, 1.807) is 0 Å². The number of hydrogen-bond donors (Lipinski definition) is 0. The van der Waals surface area contributed by atoms with Crippen molar-refractivity contribution in [2.75, 3.05) is 0 Å². The SMILES string of the molecule is FC(F)(F)c1ccc(-c2nc3cc(C(F)(F)F)c(Cl)cc3o2)cc1. The van der Waals surface area contributed by atoms with Gasteiger partial charge in [-0.2, -0.15) is 26.3 Å². The maximum atomic E-state index is 12.8. The number of aromatic nitrogens is 1. The van der Waals surface area contributed by atoms with E-state index in [9.17, 15) is 26.3 Å². The fraction of sp³-hybridized carbons (Fsp3) is 0.133. The lowest BCUT2D eigenvalue weighted by atomic mass is 10.1. The van der Waals surface area contributed by atoms with Gasteiger partial charge in [0.05, 0.1) is 16.1 Å². The molecular weight excluding hydrogens is 360 g/mol. The molecule has 0 saturated heterocycles. The molecule has 0 radical (unpaired) electrons. The maximum Gasteiger partial charge on any atom is 0.417 e. The van der Waals surface area contributed by atoms with Crippen molar-refractivity contribution in [1.82, 2.24) is 4.98 Å². The van der Waals surface area contributed by atoms with Gasteiger partial charge in [0.2, 0.25) is 5.89 Å². The second-order valence-electron chi connectivity index (χ2n) is 4.89. The highest BCUT2D eigenvalue weighted by atomic mass is 35.5. The van der Waals surface area contributed by atoms with E-state index in [4.69, 9.17) is 16.0 Å². The van der Waals surface area contributed by atoms with E-state index in [0.717, 1.165) is 36.4 Å². The summed E-state index contributed by atoms with van der Waals surface area (Å²) < 4.78 is 81.3. The first kappa shape index (κ1) is 16.6. The number of fused-ring (bicyclic) bond motifs is 1. The first-order chi connectivity index (χ1) is 11.1. The zero-order valence-corrected chi connectivity index (χ0v) is 12.2. The monoisotopic (exact) mass is 365 g/mol. The van der Waals surface area contributed by atoms with Gasteiger partial charge in [0.1, 0.15) is 5.52 Å². The summed E-state index contributed by atoms with van der Waals surface area (Å²) in [5.41, 5.74) is -1.82. The molecule has 0 N–H and O–H groups in total. The zero-order valence-electron chi connectivity index (χ0n) is 11.5. The Morgan fingerprint density at radius 3 is 2.04 bits per heavy atom. The standard InChI is InChI=1S/C15H6ClF6NO/c16-10-6-12-11(5-9(10)15(20,21)22)23-13(24-12)7-1-3-8(4-2-7)14(17,18)19/h1-6H. The van der Waals surface area contributed by atoms with Gasteiger partial charge in [-0.15, -0.1) is 0 Å². The van der Waals surface area contributed by atoms with Crippen LogP contribution in [0.1, 0.15) is 11.1 Å². The highest BCUT2D eigenvalue weighted by Gasteiger charge is 2.34. The van der Waals surface area contributed by atoms with Crippen LogP contribution in [-0.4, -0.2) is 4.98 Å². The second kappa shape index (κ2) is 5.41. The number of rotatable bonds is 1. The zero-order chi connectivity index (χ0) is 17.7. The van der Waals surface area contributed by atoms with E-state index in [0.29, 0.717) is 0 Å². The van der Waals surface area contributed by atoms with Crippen molar-refractivity contribution in [2.45, 2.75) is 12.4 Å². The molecule has 0 spiro atoms. The lowest BCUT2D eigenvalue weighted by molar-refractivity contribution is -0.138. The Bertz CT molecular complexity index is 895. The van der Waals surface area contributed by atoms with Crippen LogP contribution in [0.5, 0.6) is 0 Å². The molecule has 0 aliphatic rings. The molecular formula is C15H6ClF6NO. The highest BCUT2D eigenvalue weighted by Crippen LogP contribution is 2.38. The summed E-state index contributed by atoms with van der Waals surface area (Å²) in [6.07, 6.45) is -9.15. The predicted molar refractivity (Wildman–Crippen MR) is 74.5 cm³/mol. The highest BCUT2D eigenvalue weighted by molar-refractivity contribution is 6.32. The van der Waals surface area contributed by atoms with Crippen LogP contribution in [0.15, 0.2) is 40.8 Å². The van der Waals surface area contributed by atoms with E-state index >= 15 is 0 Å². The van der Waals surface area contributed by atoms with Crippen LogP contribution in [0.25, 0.3) is 22.6 Å². The smallest absolute Gasteiger partial charge is 0.417 e. The molecule has 9 heteroatoms. The van der Waals surface area contributed by atoms with Crippen LogP contribution < -0.4 is 0 Å². The molecule has 1 aromatic heterocycles. The van der Waals surface area contributed by atoms with Crippen molar-refractivity contribution in [3.05, 3.63) is 52.5 Å². The molecule has 0 unspecified atom stereocenters. The van der Waals surface area contributed by atoms with Crippen molar-refractivity contribution in [3.63, 3.8) is 0 Å². The van der Waals surface area contributed by atoms with Crippen molar-refractivity contribution < 1.29 is 30.8 Å². The van der Waals surface area contributed by atoms with Gasteiger partial charge in [-0.1, -0.05) is 11.6 Å². The normalized spacial score (nSPS) is 12.8. The maximum absolute atomic E-state index is 12.8. The lowest BCUT2D eigenvalue weighted by Gasteiger charge is -2.07. The molecule has 0 fully saturated rings. The van der Waals surface area contributed by atoms with Gasteiger partial charge < -0.3 is 4.42 Å². The van der Waals surface area contributed by atoms with Gasteiger partial charge in [-0.05, 0) is 30.3 Å². The van der Waals surface area contributed by atoms with Gasteiger partial charge in [-0.3, -0.25) is 0 Å². The molecule has 0 aliphatic heterocycles. The van der Waals surface area contributed by atoms with Crippen LogP contribution in [-0.2, 0) is 12.4 Å². The van der Waals surface area contributed by atoms with E-state index in [-0.39, 0.29) is 22.6 Å². The summed E-state index contributed by atoms with van der Waals surface area (Å²) in [6.45, 7) is 0. The minimum atomic E-state index is -4.65. The molecule has 0 atom stereocenters. The van der Waals surface area contributed by atoms with Gasteiger partial charge in [0, 0.05) is 11.6 Å². The largest absolute Gasteiger partial charge is 0.436 e. The minimum absolute atomic E-state index is 0.00268. The van der Waals surface area contributed by atoms with Gasteiger partial charge in [0.15, 0.2) is 5.58 Å². The molecule has 0 saturated carbocycles. The Hall–Kier alpha value is -2.22. The predicted octanol–water partition coefficient (Wildman–Crippen LogP) is 6.19. The summed E-state index contributed by atoms with van der Waals surface area (Å²) >= 11 is 5.58. The minimum Gasteiger partial charge on any atom is -0.436 e. The third-order valence-corrected chi connectivity index (χ3v) is 3.55. The van der Waals surface area contributed by atoms with Crippen molar-refractivity contribution in [1.29, 1.82) is 0 Å². The summed E-state index contributed by atoms with van der Waals surface area (Å²) in [7, 11) is 0. The van der Waals surface area contributed by atoms with Crippen LogP contribution in [0.4, 0.5) is 26.3 Å². The second-order valence-corrected chi connectivity index (χ2v) is 5.30. The van der Waals surface area contributed by atoms with Crippen LogP contribution in [0.2, 0.25) is 5.02 Å². The van der Waals surface area contributed by atoms with Crippen LogP contribution >= 0.6 is 11.6 Å². The molecule has 0 amide bonds. The number of nitrogens with zero attached hydrogens (tertiary/aromatic N) is 1. The Balaban J connectivity index is 2.05. The molecule has 3 aromatic rings. The molecule has 2 aromatic carbocycles. The summed E-state index contributed by atoms with van der Waals surface area (Å²) in [6, 6.07) is 5.62. The fourth-order valence-electron chi connectivity index (χ4n) is 2.09. The van der Waals surface area contributed by atoms with Crippen molar-refractivity contribution in [2.24, 2.45) is 0 Å². The van der Waals surface area contributed by atoms with E-state index < -0.39 is 28.5 Å². The molecule has 2 nitrogen and oxygen atoms in total. The third-order valence-electron chi connectivity index (χ3n) is 3.24. The topological polar surface area (TPSA) is 26.0 Å². The van der Waals surface area contributed by atoms with Gasteiger partial charge in [-0.25, -0.2) is 4.98 Å². The Morgan fingerprint density at radius 1 is 0.875 bits per heavy atom. The quantitative estimate of drug-likeness (QED) is 0.481. The van der Waals surface area contributed by atoms with Crippen molar-refractivity contribution >= 4 is 22.7 Å². The average molecular weight is 366 g/mol.